The van der Waals surface area contributed by atoms with Crippen molar-refractivity contribution in [3.05, 3.63) is 36.2 Å². The molecule has 0 saturated heterocycles. The molecule has 1 N–H and O–H groups in total. The zero-order valence-corrected chi connectivity index (χ0v) is 8.44. The second kappa shape index (κ2) is 5.18. The maximum atomic E-state index is 4.17. The zero-order chi connectivity index (χ0) is 8.23. The van der Waals surface area contributed by atoms with Crippen LogP contribution in [-0.2, 0) is 17.1 Å². The normalized spacial score (nSPS) is 15.8. The van der Waals surface area contributed by atoms with Crippen LogP contribution in [0.3, 0.4) is 0 Å². The summed E-state index contributed by atoms with van der Waals surface area (Å²) in [7, 11) is 0. The summed E-state index contributed by atoms with van der Waals surface area (Å²) in [6, 6.07) is 5.81. The first-order valence-electron chi connectivity index (χ1n) is 4.20. The van der Waals surface area contributed by atoms with Crippen LogP contribution in [0.4, 0.5) is 0 Å². The van der Waals surface area contributed by atoms with Gasteiger partial charge in [-0.15, -0.1) is 6.07 Å². The van der Waals surface area contributed by atoms with Crippen LogP contribution in [0.25, 0.3) is 5.57 Å². The number of nitrogens with zero attached hydrogens (tertiary/aromatic N) is 1. The molecular weight excluding hydrogens is 203 g/mol. The molecule has 2 nitrogen and oxygen atoms in total. The summed E-state index contributed by atoms with van der Waals surface area (Å²) in [6.45, 7) is 2.02. The van der Waals surface area contributed by atoms with Gasteiger partial charge in [-0.2, -0.15) is 12.1 Å². The molecule has 1 aliphatic rings. The van der Waals surface area contributed by atoms with Gasteiger partial charge in [-0.25, -0.2) is 0 Å². The summed E-state index contributed by atoms with van der Waals surface area (Å²) in [5, 5.41) is 3.31. The van der Waals surface area contributed by atoms with Crippen molar-refractivity contribution in [3.8, 4) is 0 Å². The third kappa shape index (κ3) is 2.66. The molecule has 0 atom stereocenters. The number of hydrogen-bond donors (Lipinski definition) is 1. The molecule has 1 aromatic heterocycles. The first kappa shape index (κ1) is 10.5. The van der Waals surface area contributed by atoms with Gasteiger partial charge in [0.2, 0.25) is 0 Å². The van der Waals surface area contributed by atoms with Crippen molar-refractivity contribution in [1.82, 2.24) is 10.3 Å². The standard InChI is InChI=1S/C10H11N2.Mn/c1-2-7-12-10(5-1)9-4-3-6-11-8-9;/h1-2,4-5,11H,3,6,8H2;/q-1;. The average Bonchev–Trinajstić information content (AvgIpc) is 2.21. The minimum atomic E-state index is 0. The van der Waals surface area contributed by atoms with Gasteiger partial charge in [-0.3, -0.25) is 0 Å². The summed E-state index contributed by atoms with van der Waals surface area (Å²) in [5.74, 6) is 0. The van der Waals surface area contributed by atoms with E-state index in [1.807, 2.05) is 18.2 Å². The number of pyridine rings is 1. The number of hydrogen-bond acceptors (Lipinski definition) is 2. The molecule has 2 heterocycles. The molecule has 0 spiro atoms. The van der Waals surface area contributed by atoms with Crippen molar-refractivity contribution in [2.45, 2.75) is 6.42 Å². The van der Waals surface area contributed by atoms with Gasteiger partial charge >= 0.3 is 0 Å². The Balaban J connectivity index is 0.000000845. The minimum Gasteiger partial charge on any atom is -0.386 e. The van der Waals surface area contributed by atoms with E-state index in [-0.39, 0.29) is 17.1 Å². The molecule has 0 aliphatic carbocycles. The maximum Gasteiger partial charge on any atom is 0.0109 e. The van der Waals surface area contributed by atoms with E-state index in [2.05, 4.69) is 22.6 Å². The van der Waals surface area contributed by atoms with Gasteiger partial charge in [-0.05, 0) is 18.7 Å². The van der Waals surface area contributed by atoms with Crippen molar-refractivity contribution in [2.24, 2.45) is 0 Å². The van der Waals surface area contributed by atoms with Crippen molar-refractivity contribution in [2.75, 3.05) is 13.1 Å². The summed E-state index contributed by atoms with van der Waals surface area (Å²) >= 11 is 0. The van der Waals surface area contributed by atoms with E-state index in [1.54, 1.807) is 0 Å². The Labute approximate surface area is 88.9 Å². The number of aromatic nitrogens is 1. The molecule has 0 amide bonds. The summed E-state index contributed by atoms with van der Waals surface area (Å²) in [5.41, 5.74) is 2.34. The van der Waals surface area contributed by atoms with E-state index in [9.17, 15) is 0 Å². The van der Waals surface area contributed by atoms with Crippen molar-refractivity contribution in [3.63, 3.8) is 0 Å². The van der Waals surface area contributed by atoms with Crippen LogP contribution in [0.1, 0.15) is 12.1 Å². The Bertz CT molecular complexity index is 282. The molecule has 13 heavy (non-hydrogen) atoms. The Hall–Kier alpha value is -0.631. The van der Waals surface area contributed by atoms with E-state index in [4.69, 9.17) is 0 Å². The van der Waals surface area contributed by atoms with Crippen molar-refractivity contribution in [1.29, 1.82) is 0 Å². The molecular formula is C10H11MnN2-. The van der Waals surface area contributed by atoms with Gasteiger partial charge in [0.15, 0.2) is 0 Å². The van der Waals surface area contributed by atoms with Crippen LogP contribution < -0.4 is 5.32 Å². The molecule has 0 bridgehead atoms. The molecule has 0 saturated carbocycles. The molecule has 0 aromatic carbocycles. The molecule has 0 fully saturated rings. The molecule has 2 rings (SSSR count). The predicted octanol–water partition coefficient (Wildman–Crippen LogP) is 1.26. The van der Waals surface area contributed by atoms with Gasteiger partial charge in [0.25, 0.3) is 0 Å². The third-order valence-electron chi connectivity index (χ3n) is 1.97. The second-order valence-electron chi connectivity index (χ2n) is 2.85. The van der Waals surface area contributed by atoms with E-state index in [0.717, 1.165) is 25.2 Å². The Morgan fingerprint density at radius 3 is 3.00 bits per heavy atom. The summed E-state index contributed by atoms with van der Waals surface area (Å²) in [6.07, 6.45) is 6.19. The quantitative estimate of drug-likeness (QED) is 0.562. The van der Waals surface area contributed by atoms with Gasteiger partial charge < -0.3 is 10.3 Å². The average molecular weight is 214 g/mol. The molecule has 1 aliphatic heterocycles. The predicted molar refractivity (Wildman–Crippen MR) is 48.5 cm³/mol. The molecule has 1 radical (unpaired) electrons. The topological polar surface area (TPSA) is 24.9 Å². The van der Waals surface area contributed by atoms with E-state index in [1.165, 1.54) is 5.57 Å². The van der Waals surface area contributed by atoms with E-state index >= 15 is 0 Å². The molecule has 0 unspecified atom stereocenters. The monoisotopic (exact) mass is 214 g/mol. The van der Waals surface area contributed by atoms with Crippen LogP contribution in [0.2, 0.25) is 0 Å². The smallest absolute Gasteiger partial charge is 0.0109 e. The third-order valence-corrected chi connectivity index (χ3v) is 1.97. The van der Waals surface area contributed by atoms with Crippen molar-refractivity contribution < 1.29 is 17.1 Å². The Morgan fingerprint density at radius 2 is 2.38 bits per heavy atom. The number of rotatable bonds is 1. The Morgan fingerprint density at radius 1 is 1.46 bits per heavy atom. The zero-order valence-electron chi connectivity index (χ0n) is 7.26. The van der Waals surface area contributed by atoms with E-state index in [0.29, 0.717) is 0 Å². The maximum absolute atomic E-state index is 4.17. The summed E-state index contributed by atoms with van der Waals surface area (Å²) < 4.78 is 0. The van der Waals surface area contributed by atoms with Gasteiger partial charge in [0.05, 0.1) is 0 Å². The van der Waals surface area contributed by atoms with Gasteiger partial charge in [0.1, 0.15) is 0 Å². The fourth-order valence-electron chi connectivity index (χ4n) is 1.34. The minimum absolute atomic E-state index is 0. The molecule has 1 aromatic rings. The number of nitrogens with one attached hydrogen (secondary N) is 1. The van der Waals surface area contributed by atoms with Crippen molar-refractivity contribution >= 4 is 5.57 Å². The first-order valence-corrected chi connectivity index (χ1v) is 4.20. The molecule has 69 valence electrons. The van der Waals surface area contributed by atoms with Crippen LogP contribution in [0.15, 0.2) is 24.3 Å². The first-order chi connectivity index (χ1) is 5.97. The van der Waals surface area contributed by atoms with Gasteiger partial charge in [-0.1, -0.05) is 17.8 Å². The fourth-order valence-corrected chi connectivity index (χ4v) is 1.34. The largest absolute Gasteiger partial charge is 0.386 e. The molecule has 3 heteroatoms. The Kier molecular flexibility index (Phi) is 4.16. The van der Waals surface area contributed by atoms with Crippen LogP contribution in [-0.4, -0.2) is 18.1 Å². The fraction of sp³-hybridized carbons (Fsp3) is 0.300. The second-order valence-corrected chi connectivity index (χ2v) is 2.85. The van der Waals surface area contributed by atoms with Crippen LogP contribution in [0.5, 0.6) is 0 Å². The van der Waals surface area contributed by atoms with Crippen LogP contribution >= 0.6 is 0 Å². The van der Waals surface area contributed by atoms with Crippen LogP contribution in [0, 0.1) is 6.20 Å². The summed E-state index contributed by atoms with van der Waals surface area (Å²) in [4.78, 5) is 4.17. The van der Waals surface area contributed by atoms with E-state index < -0.39 is 0 Å². The SMILES string of the molecule is [Mn].[c-]1cccc(C2=CCCNC2)n1. The van der Waals surface area contributed by atoms with Gasteiger partial charge in [0, 0.05) is 23.6 Å².